The Kier molecular flexibility index (Phi) is 5.90. The number of anilines is 2. The number of nitrogens with zero attached hydrogens (tertiary/aromatic N) is 1. The van der Waals surface area contributed by atoms with Crippen LogP contribution < -0.4 is 10.6 Å². The van der Waals surface area contributed by atoms with Crippen molar-refractivity contribution in [1.29, 1.82) is 0 Å². The lowest BCUT2D eigenvalue weighted by Crippen LogP contribution is -2.39. The van der Waals surface area contributed by atoms with E-state index >= 15 is 0 Å². The molecule has 1 atom stereocenters. The Morgan fingerprint density at radius 2 is 1.70 bits per heavy atom. The summed E-state index contributed by atoms with van der Waals surface area (Å²) in [6.07, 6.45) is 0.744. The van der Waals surface area contributed by atoms with E-state index in [2.05, 4.69) is 10.6 Å². The van der Waals surface area contributed by atoms with Crippen molar-refractivity contribution in [2.75, 3.05) is 24.7 Å². The molecular formula is C17H21N3O2S. The van der Waals surface area contributed by atoms with E-state index in [-0.39, 0.29) is 17.9 Å². The third-order valence-corrected chi connectivity index (χ3v) is 4.34. The second-order valence-electron chi connectivity index (χ2n) is 5.39. The van der Waals surface area contributed by atoms with Gasteiger partial charge in [-0.05, 0) is 56.2 Å². The quantitative estimate of drug-likeness (QED) is 0.854. The molecule has 2 N–H and O–H groups in total. The van der Waals surface area contributed by atoms with Gasteiger partial charge in [0.2, 0.25) is 5.91 Å². The van der Waals surface area contributed by atoms with Crippen LogP contribution in [0.4, 0.5) is 11.4 Å². The maximum Gasteiger partial charge on any atom is 0.265 e. The topological polar surface area (TPSA) is 61.4 Å². The Hall–Kier alpha value is -2.18. The van der Waals surface area contributed by atoms with Crippen LogP contribution in [0.5, 0.6) is 0 Å². The highest BCUT2D eigenvalue weighted by molar-refractivity contribution is 7.12. The lowest BCUT2D eigenvalue weighted by molar-refractivity contribution is -0.120. The Balaban J connectivity index is 1.97. The number of carbonyl (C=O) groups excluding carboxylic acids is 2. The van der Waals surface area contributed by atoms with Crippen LogP contribution in [0.25, 0.3) is 0 Å². The number of hydrogen-bond donors (Lipinski definition) is 2. The van der Waals surface area contributed by atoms with Gasteiger partial charge in [-0.25, -0.2) is 0 Å². The maximum absolute atomic E-state index is 12.2. The van der Waals surface area contributed by atoms with Crippen LogP contribution >= 0.6 is 11.3 Å². The van der Waals surface area contributed by atoms with Gasteiger partial charge < -0.3 is 10.6 Å². The molecule has 2 amide bonds. The van der Waals surface area contributed by atoms with Crippen LogP contribution in [-0.4, -0.2) is 36.9 Å². The van der Waals surface area contributed by atoms with Crippen LogP contribution in [0.3, 0.4) is 0 Å². The van der Waals surface area contributed by atoms with E-state index in [1.54, 1.807) is 30.3 Å². The summed E-state index contributed by atoms with van der Waals surface area (Å²) in [4.78, 5) is 26.7. The van der Waals surface area contributed by atoms with Gasteiger partial charge in [0.25, 0.3) is 5.91 Å². The van der Waals surface area contributed by atoms with Gasteiger partial charge in [-0.2, -0.15) is 0 Å². The summed E-state index contributed by atoms with van der Waals surface area (Å²) in [6, 6.07) is 10.6. The van der Waals surface area contributed by atoms with Crippen LogP contribution in [0.1, 0.15) is 23.0 Å². The summed E-state index contributed by atoms with van der Waals surface area (Å²) in [5.74, 6) is -0.164. The molecular weight excluding hydrogens is 310 g/mol. The minimum Gasteiger partial charge on any atom is -0.325 e. The summed E-state index contributed by atoms with van der Waals surface area (Å²) >= 11 is 1.40. The largest absolute Gasteiger partial charge is 0.325 e. The first-order chi connectivity index (χ1) is 11.0. The number of hydrogen-bond acceptors (Lipinski definition) is 4. The molecule has 6 heteroatoms. The molecule has 0 spiro atoms. The molecule has 0 aliphatic heterocycles. The molecule has 0 unspecified atom stereocenters. The van der Waals surface area contributed by atoms with E-state index in [1.807, 2.05) is 37.4 Å². The fraction of sp³-hybridized carbons (Fsp3) is 0.294. The second kappa shape index (κ2) is 7.89. The Labute approximate surface area is 140 Å². The highest BCUT2D eigenvalue weighted by atomic mass is 32.1. The first kappa shape index (κ1) is 17.2. The number of nitrogens with one attached hydrogen (secondary N) is 2. The summed E-state index contributed by atoms with van der Waals surface area (Å²) in [5.41, 5.74) is 1.41. The molecule has 1 heterocycles. The zero-order valence-corrected chi connectivity index (χ0v) is 14.3. The van der Waals surface area contributed by atoms with Crippen molar-refractivity contribution >= 4 is 34.5 Å². The van der Waals surface area contributed by atoms with Crippen molar-refractivity contribution in [3.05, 3.63) is 46.7 Å². The average Bonchev–Trinajstić information content (AvgIpc) is 3.04. The van der Waals surface area contributed by atoms with Crippen molar-refractivity contribution in [2.24, 2.45) is 0 Å². The Morgan fingerprint density at radius 3 is 2.17 bits per heavy atom. The molecule has 0 aliphatic rings. The number of benzene rings is 1. The predicted octanol–water partition coefficient (Wildman–Crippen LogP) is 3.28. The number of amides is 2. The van der Waals surface area contributed by atoms with Crippen molar-refractivity contribution in [3.8, 4) is 0 Å². The molecule has 1 aromatic carbocycles. The average molecular weight is 331 g/mol. The Morgan fingerprint density at radius 1 is 1.09 bits per heavy atom. The summed E-state index contributed by atoms with van der Waals surface area (Å²) in [6.45, 7) is 1.98. The van der Waals surface area contributed by atoms with Crippen molar-refractivity contribution < 1.29 is 9.59 Å². The van der Waals surface area contributed by atoms with Gasteiger partial charge in [-0.3, -0.25) is 14.5 Å². The minimum atomic E-state index is -0.159. The van der Waals surface area contributed by atoms with Crippen LogP contribution in [0.15, 0.2) is 41.8 Å². The molecule has 1 aromatic heterocycles. The standard InChI is InChI=1S/C17H21N3O2S/c1-4-14(20(2)3)16(21)18-12-7-9-13(10-8-12)19-17(22)15-6-5-11-23-15/h5-11,14H,4H2,1-3H3,(H,18,21)(H,19,22)/t14-/m1/s1. The lowest BCUT2D eigenvalue weighted by atomic mass is 10.2. The molecule has 0 saturated carbocycles. The van der Waals surface area contributed by atoms with E-state index in [0.717, 1.165) is 6.42 Å². The maximum atomic E-state index is 12.2. The highest BCUT2D eigenvalue weighted by Crippen LogP contribution is 2.17. The number of carbonyl (C=O) groups is 2. The fourth-order valence-electron chi connectivity index (χ4n) is 2.25. The molecule has 23 heavy (non-hydrogen) atoms. The smallest absolute Gasteiger partial charge is 0.265 e. The molecule has 0 saturated heterocycles. The number of likely N-dealkylation sites (N-methyl/N-ethyl adjacent to an activating group) is 1. The van der Waals surface area contributed by atoms with Crippen molar-refractivity contribution in [1.82, 2.24) is 4.90 Å². The summed E-state index contributed by atoms with van der Waals surface area (Å²) in [7, 11) is 3.77. The molecule has 0 fully saturated rings. The third kappa shape index (κ3) is 4.64. The van der Waals surface area contributed by atoms with Gasteiger partial charge in [-0.1, -0.05) is 13.0 Å². The lowest BCUT2D eigenvalue weighted by Gasteiger charge is -2.21. The summed E-state index contributed by atoms with van der Waals surface area (Å²) < 4.78 is 0. The monoisotopic (exact) mass is 331 g/mol. The molecule has 0 bridgehead atoms. The normalized spacial score (nSPS) is 12.0. The number of rotatable bonds is 6. The van der Waals surface area contributed by atoms with Crippen molar-refractivity contribution in [3.63, 3.8) is 0 Å². The van der Waals surface area contributed by atoms with Crippen LogP contribution in [0.2, 0.25) is 0 Å². The number of thiophene rings is 1. The van der Waals surface area contributed by atoms with Crippen LogP contribution in [0, 0.1) is 0 Å². The SMILES string of the molecule is CC[C@H](C(=O)Nc1ccc(NC(=O)c2cccs2)cc1)N(C)C. The first-order valence-electron chi connectivity index (χ1n) is 7.43. The van der Waals surface area contributed by atoms with Gasteiger partial charge in [0, 0.05) is 11.4 Å². The minimum absolute atomic E-state index is 0.0344. The second-order valence-corrected chi connectivity index (χ2v) is 6.33. The van der Waals surface area contributed by atoms with E-state index in [0.29, 0.717) is 16.3 Å². The van der Waals surface area contributed by atoms with Crippen molar-refractivity contribution in [2.45, 2.75) is 19.4 Å². The zero-order valence-electron chi connectivity index (χ0n) is 13.5. The van der Waals surface area contributed by atoms with Crippen LogP contribution in [-0.2, 0) is 4.79 Å². The Bertz CT molecular complexity index is 651. The van der Waals surface area contributed by atoms with Gasteiger partial charge in [0.05, 0.1) is 10.9 Å². The van der Waals surface area contributed by atoms with Gasteiger partial charge in [0.1, 0.15) is 0 Å². The first-order valence-corrected chi connectivity index (χ1v) is 8.31. The summed E-state index contributed by atoms with van der Waals surface area (Å²) in [5, 5.41) is 7.58. The molecule has 2 aromatic rings. The van der Waals surface area contributed by atoms with E-state index in [4.69, 9.17) is 0 Å². The molecule has 5 nitrogen and oxygen atoms in total. The van der Waals surface area contributed by atoms with E-state index in [9.17, 15) is 9.59 Å². The third-order valence-electron chi connectivity index (χ3n) is 3.47. The zero-order chi connectivity index (χ0) is 16.8. The molecule has 0 radical (unpaired) electrons. The van der Waals surface area contributed by atoms with Gasteiger partial charge in [-0.15, -0.1) is 11.3 Å². The van der Waals surface area contributed by atoms with Gasteiger partial charge >= 0.3 is 0 Å². The van der Waals surface area contributed by atoms with Gasteiger partial charge in [0.15, 0.2) is 0 Å². The predicted molar refractivity (Wildman–Crippen MR) is 95.1 cm³/mol. The van der Waals surface area contributed by atoms with E-state index < -0.39 is 0 Å². The highest BCUT2D eigenvalue weighted by Gasteiger charge is 2.18. The molecule has 0 aliphatic carbocycles. The fourth-order valence-corrected chi connectivity index (χ4v) is 2.87. The van der Waals surface area contributed by atoms with E-state index in [1.165, 1.54) is 11.3 Å². The molecule has 2 rings (SSSR count). The molecule has 122 valence electrons.